The summed E-state index contributed by atoms with van der Waals surface area (Å²) in [5.41, 5.74) is 1.30. The zero-order chi connectivity index (χ0) is 10.8. The van der Waals surface area contributed by atoms with Crippen LogP contribution in [-0.4, -0.2) is 10.8 Å². The molecule has 0 unspecified atom stereocenters. The third kappa shape index (κ3) is 1.81. The Hall–Kier alpha value is -1.90. The van der Waals surface area contributed by atoms with Crippen LogP contribution in [0, 0.1) is 12.7 Å². The molecular weight excluding hydrogens is 193 g/mol. The number of aromatic nitrogens is 1. The van der Waals surface area contributed by atoms with Gasteiger partial charge in [0.05, 0.1) is 11.3 Å². The number of ketones is 1. The highest BCUT2D eigenvalue weighted by atomic mass is 19.1. The molecule has 0 bridgehead atoms. The van der Waals surface area contributed by atoms with Crippen molar-refractivity contribution in [1.82, 2.24) is 4.98 Å². The molecular formula is C12H10FNO. The zero-order valence-corrected chi connectivity index (χ0v) is 8.25. The highest BCUT2D eigenvalue weighted by Crippen LogP contribution is 2.13. The van der Waals surface area contributed by atoms with Crippen LogP contribution in [0.25, 0.3) is 0 Å². The molecule has 2 aromatic rings. The molecule has 76 valence electrons. The number of hydrogen-bond acceptors (Lipinski definition) is 1. The van der Waals surface area contributed by atoms with E-state index in [1.54, 1.807) is 31.3 Å². The minimum atomic E-state index is -0.477. The number of halogens is 1. The molecule has 0 fully saturated rings. The molecule has 1 aromatic heterocycles. The van der Waals surface area contributed by atoms with Crippen LogP contribution in [0.2, 0.25) is 0 Å². The van der Waals surface area contributed by atoms with Crippen molar-refractivity contribution in [3.8, 4) is 0 Å². The fraction of sp³-hybridized carbons (Fsp3) is 0.0833. The van der Waals surface area contributed by atoms with Crippen LogP contribution >= 0.6 is 0 Å². The lowest BCUT2D eigenvalue weighted by atomic mass is 10.1. The average Bonchev–Trinajstić information content (AvgIpc) is 2.69. The van der Waals surface area contributed by atoms with E-state index in [1.165, 1.54) is 12.1 Å². The normalized spacial score (nSPS) is 10.3. The molecule has 0 saturated heterocycles. The summed E-state index contributed by atoms with van der Waals surface area (Å²) in [6.07, 6.45) is 1.64. The number of nitrogens with one attached hydrogen (secondary N) is 1. The third-order valence-electron chi connectivity index (χ3n) is 2.21. The maximum absolute atomic E-state index is 13.5. The van der Waals surface area contributed by atoms with Crippen LogP contribution in [0.3, 0.4) is 0 Å². The van der Waals surface area contributed by atoms with Crippen molar-refractivity contribution in [2.24, 2.45) is 0 Å². The van der Waals surface area contributed by atoms with E-state index in [9.17, 15) is 9.18 Å². The number of rotatable bonds is 2. The molecule has 2 rings (SSSR count). The molecule has 1 heterocycles. The quantitative estimate of drug-likeness (QED) is 0.748. The number of benzene rings is 1. The van der Waals surface area contributed by atoms with Gasteiger partial charge in [-0.25, -0.2) is 4.39 Å². The van der Waals surface area contributed by atoms with Crippen LogP contribution in [0.5, 0.6) is 0 Å². The van der Waals surface area contributed by atoms with Crippen molar-refractivity contribution < 1.29 is 9.18 Å². The first-order chi connectivity index (χ1) is 7.18. The van der Waals surface area contributed by atoms with Crippen molar-refractivity contribution in [2.45, 2.75) is 6.92 Å². The van der Waals surface area contributed by atoms with E-state index in [2.05, 4.69) is 4.98 Å². The Morgan fingerprint density at radius 3 is 2.73 bits per heavy atom. The summed E-state index contributed by atoms with van der Waals surface area (Å²) >= 11 is 0. The second-order valence-electron chi connectivity index (χ2n) is 3.40. The summed E-state index contributed by atoms with van der Waals surface area (Å²) in [4.78, 5) is 14.5. The molecule has 0 aliphatic heterocycles. The molecule has 0 aliphatic carbocycles. The van der Waals surface area contributed by atoms with E-state index in [0.717, 1.165) is 5.56 Å². The Morgan fingerprint density at radius 2 is 2.13 bits per heavy atom. The summed E-state index contributed by atoms with van der Waals surface area (Å²) < 4.78 is 13.5. The first kappa shape index (κ1) is 9.65. The van der Waals surface area contributed by atoms with E-state index >= 15 is 0 Å². The minimum absolute atomic E-state index is 0.100. The fourth-order valence-electron chi connectivity index (χ4n) is 1.42. The van der Waals surface area contributed by atoms with Crippen molar-refractivity contribution in [1.29, 1.82) is 0 Å². The molecule has 0 saturated carbocycles. The Kier molecular flexibility index (Phi) is 2.37. The standard InChI is InChI=1S/C12H10FNO/c1-8-4-5-9(10(13)7-8)12(15)11-3-2-6-14-11/h2-7,14H,1H3. The maximum Gasteiger partial charge on any atom is 0.212 e. The summed E-state index contributed by atoms with van der Waals surface area (Å²) in [6, 6.07) is 7.92. The van der Waals surface area contributed by atoms with E-state index in [0.29, 0.717) is 5.69 Å². The number of hydrogen-bond donors (Lipinski definition) is 1. The Balaban J connectivity index is 2.42. The lowest BCUT2D eigenvalue weighted by Crippen LogP contribution is -2.04. The Morgan fingerprint density at radius 1 is 1.33 bits per heavy atom. The van der Waals surface area contributed by atoms with E-state index in [1.807, 2.05) is 0 Å². The molecule has 0 atom stereocenters. The van der Waals surface area contributed by atoms with Crippen molar-refractivity contribution in [3.05, 3.63) is 59.2 Å². The van der Waals surface area contributed by atoms with Gasteiger partial charge in [-0.05, 0) is 36.8 Å². The highest BCUT2D eigenvalue weighted by Gasteiger charge is 2.13. The summed E-state index contributed by atoms with van der Waals surface area (Å²) in [7, 11) is 0. The van der Waals surface area contributed by atoms with Gasteiger partial charge in [-0.3, -0.25) is 4.79 Å². The monoisotopic (exact) mass is 203 g/mol. The number of aryl methyl sites for hydroxylation is 1. The maximum atomic E-state index is 13.5. The smallest absolute Gasteiger partial charge is 0.212 e. The highest BCUT2D eigenvalue weighted by molar-refractivity contribution is 6.07. The second kappa shape index (κ2) is 3.69. The zero-order valence-electron chi connectivity index (χ0n) is 8.25. The van der Waals surface area contributed by atoms with Crippen LogP contribution in [0.15, 0.2) is 36.5 Å². The first-order valence-corrected chi connectivity index (χ1v) is 4.63. The van der Waals surface area contributed by atoms with Crippen LogP contribution in [0.4, 0.5) is 4.39 Å². The van der Waals surface area contributed by atoms with Gasteiger partial charge in [0.2, 0.25) is 5.78 Å². The molecule has 15 heavy (non-hydrogen) atoms. The fourth-order valence-corrected chi connectivity index (χ4v) is 1.42. The van der Waals surface area contributed by atoms with Gasteiger partial charge in [0.25, 0.3) is 0 Å². The topological polar surface area (TPSA) is 32.9 Å². The largest absolute Gasteiger partial charge is 0.359 e. The summed E-state index contributed by atoms with van der Waals surface area (Å²) in [5.74, 6) is -0.799. The predicted octanol–water partition coefficient (Wildman–Crippen LogP) is 2.69. The number of carbonyl (C=O) groups excluding carboxylic acids is 1. The van der Waals surface area contributed by atoms with Crippen LogP contribution < -0.4 is 0 Å². The summed E-state index contributed by atoms with van der Waals surface area (Å²) in [5, 5.41) is 0. The lowest BCUT2D eigenvalue weighted by Gasteiger charge is -2.01. The Bertz CT molecular complexity index is 488. The molecule has 0 radical (unpaired) electrons. The van der Waals surface area contributed by atoms with Gasteiger partial charge < -0.3 is 4.98 Å². The molecule has 0 amide bonds. The van der Waals surface area contributed by atoms with Gasteiger partial charge in [-0.2, -0.15) is 0 Å². The van der Waals surface area contributed by atoms with Crippen molar-refractivity contribution in [3.63, 3.8) is 0 Å². The second-order valence-corrected chi connectivity index (χ2v) is 3.40. The van der Waals surface area contributed by atoms with Crippen molar-refractivity contribution in [2.75, 3.05) is 0 Å². The molecule has 3 heteroatoms. The minimum Gasteiger partial charge on any atom is -0.359 e. The van der Waals surface area contributed by atoms with Crippen molar-refractivity contribution >= 4 is 5.78 Å². The van der Waals surface area contributed by atoms with Crippen LogP contribution in [0.1, 0.15) is 21.6 Å². The van der Waals surface area contributed by atoms with Crippen LogP contribution in [-0.2, 0) is 0 Å². The predicted molar refractivity (Wildman–Crippen MR) is 55.4 cm³/mol. The first-order valence-electron chi connectivity index (χ1n) is 4.63. The molecule has 1 N–H and O–H groups in total. The van der Waals surface area contributed by atoms with Gasteiger partial charge in [-0.1, -0.05) is 6.07 Å². The number of carbonyl (C=O) groups is 1. The van der Waals surface area contributed by atoms with Gasteiger partial charge in [0.1, 0.15) is 5.82 Å². The van der Waals surface area contributed by atoms with Gasteiger partial charge in [-0.15, -0.1) is 0 Å². The average molecular weight is 203 g/mol. The number of H-pyrrole nitrogens is 1. The third-order valence-corrected chi connectivity index (χ3v) is 2.21. The number of aromatic amines is 1. The van der Waals surface area contributed by atoms with E-state index in [-0.39, 0.29) is 11.3 Å². The molecule has 1 aromatic carbocycles. The molecule has 0 aliphatic rings. The SMILES string of the molecule is Cc1ccc(C(=O)c2ccc[nH]2)c(F)c1. The van der Waals surface area contributed by atoms with Gasteiger partial charge in [0.15, 0.2) is 0 Å². The van der Waals surface area contributed by atoms with E-state index in [4.69, 9.17) is 0 Å². The Labute approximate surface area is 86.8 Å². The molecule has 0 spiro atoms. The lowest BCUT2D eigenvalue weighted by molar-refractivity contribution is 0.103. The van der Waals surface area contributed by atoms with Gasteiger partial charge >= 0.3 is 0 Å². The summed E-state index contributed by atoms with van der Waals surface area (Å²) in [6.45, 7) is 1.78. The van der Waals surface area contributed by atoms with Gasteiger partial charge in [0, 0.05) is 6.20 Å². The van der Waals surface area contributed by atoms with E-state index < -0.39 is 5.82 Å². The molecule has 2 nitrogen and oxygen atoms in total.